The molecule has 0 bridgehead atoms. The second-order valence-corrected chi connectivity index (χ2v) is 16.6. The van der Waals surface area contributed by atoms with Gasteiger partial charge in [0.05, 0.1) is 0 Å². The predicted octanol–water partition coefficient (Wildman–Crippen LogP) is 16.2. The summed E-state index contributed by atoms with van der Waals surface area (Å²) in [6.07, 6.45) is 0.776. The Morgan fingerprint density at radius 2 is 1.05 bits per heavy atom. The number of benzene rings is 10. The van der Waals surface area contributed by atoms with Crippen LogP contribution in [0.3, 0.4) is 0 Å². The number of hydrogen-bond donors (Lipinski definition) is 0. The van der Waals surface area contributed by atoms with Crippen molar-refractivity contribution < 1.29 is 8.83 Å². The van der Waals surface area contributed by atoms with Crippen LogP contribution in [-0.4, -0.2) is 0 Å². The normalized spacial score (nSPS) is 12.2. The smallest absolute Gasteiger partial charge is 0.143 e. The molecule has 58 heavy (non-hydrogen) atoms. The summed E-state index contributed by atoms with van der Waals surface area (Å²) in [6, 6.07) is 66.3. The van der Waals surface area contributed by atoms with Crippen molar-refractivity contribution in [2.75, 3.05) is 0 Å². The number of thiophene rings is 1. The van der Waals surface area contributed by atoms with Crippen LogP contribution < -0.4 is 0 Å². The lowest BCUT2D eigenvalue weighted by molar-refractivity contribution is 0.669. The number of hydrogen-bond acceptors (Lipinski definition) is 3. The molecule has 0 aliphatic carbocycles. The molecule has 0 amide bonds. The van der Waals surface area contributed by atoms with Gasteiger partial charge in [-0.05, 0) is 126 Å². The Balaban J connectivity index is 0.980. The largest absolute Gasteiger partial charge is 0.456 e. The molecule has 0 N–H and O–H groups in total. The van der Waals surface area contributed by atoms with Gasteiger partial charge in [-0.1, -0.05) is 133 Å². The van der Waals surface area contributed by atoms with E-state index in [2.05, 4.69) is 176 Å². The minimum Gasteiger partial charge on any atom is -0.456 e. The van der Waals surface area contributed by atoms with Crippen molar-refractivity contribution in [1.82, 2.24) is 0 Å². The summed E-state index contributed by atoms with van der Waals surface area (Å²) in [5, 5.41) is 15.8. The van der Waals surface area contributed by atoms with Gasteiger partial charge in [0.1, 0.15) is 22.3 Å². The number of furan rings is 2. The first-order chi connectivity index (χ1) is 28.7. The molecule has 3 aromatic heterocycles. The highest BCUT2D eigenvalue weighted by molar-refractivity contribution is 7.22. The summed E-state index contributed by atoms with van der Waals surface area (Å²) < 4.78 is 14.4. The maximum atomic E-state index is 6.61. The van der Waals surface area contributed by atoms with Crippen molar-refractivity contribution in [2.24, 2.45) is 0 Å². The highest BCUT2D eigenvalue weighted by atomic mass is 32.1. The zero-order valence-corrected chi connectivity index (χ0v) is 32.1. The first-order valence-electron chi connectivity index (χ1n) is 19.9. The van der Waals surface area contributed by atoms with Crippen LogP contribution in [0.5, 0.6) is 0 Å². The van der Waals surface area contributed by atoms with E-state index in [1.807, 2.05) is 17.4 Å². The molecular formula is C55H32O2S. The molecule has 13 rings (SSSR count). The maximum absolute atomic E-state index is 6.61. The molecule has 0 fully saturated rings. The quantitative estimate of drug-likeness (QED) is 0.167. The van der Waals surface area contributed by atoms with Crippen molar-refractivity contribution in [2.45, 2.75) is 6.42 Å². The lowest BCUT2D eigenvalue weighted by atomic mass is 9.85. The van der Waals surface area contributed by atoms with E-state index in [0.29, 0.717) is 0 Å². The second-order valence-electron chi connectivity index (χ2n) is 15.5. The third-order valence-electron chi connectivity index (χ3n) is 12.3. The molecule has 0 aliphatic rings. The summed E-state index contributed by atoms with van der Waals surface area (Å²) in [7, 11) is 0. The minimum atomic E-state index is 0.776. The van der Waals surface area contributed by atoms with Gasteiger partial charge >= 0.3 is 0 Å². The van der Waals surface area contributed by atoms with Crippen molar-refractivity contribution in [3.63, 3.8) is 0 Å². The van der Waals surface area contributed by atoms with Crippen LogP contribution in [0.2, 0.25) is 0 Å². The number of fused-ring (bicyclic) bond motifs is 12. The predicted molar refractivity (Wildman–Crippen MR) is 247 cm³/mol. The molecule has 0 radical (unpaired) electrons. The van der Waals surface area contributed by atoms with E-state index in [1.54, 1.807) is 0 Å². The van der Waals surface area contributed by atoms with Gasteiger partial charge in [0.25, 0.3) is 0 Å². The van der Waals surface area contributed by atoms with E-state index < -0.39 is 0 Å². The van der Waals surface area contributed by atoms with Gasteiger partial charge in [0, 0.05) is 36.5 Å². The Morgan fingerprint density at radius 3 is 1.90 bits per heavy atom. The molecule has 3 heteroatoms. The lowest BCUT2D eigenvalue weighted by Gasteiger charge is -2.18. The van der Waals surface area contributed by atoms with Crippen LogP contribution >= 0.6 is 11.3 Å². The summed E-state index contributed by atoms with van der Waals surface area (Å²) in [5.41, 5.74) is 9.98. The zero-order valence-electron chi connectivity index (χ0n) is 31.3. The fourth-order valence-corrected chi connectivity index (χ4v) is 10.7. The molecule has 0 saturated carbocycles. The SMILES string of the molecule is c1ccc2cc(-c3cc4cc5c(cc4s3)oc3ccc(-c4c6ccccc6c(Cc6cccc7ccc8c9ccccc9oc8c67)c6ccccc46)cc35)ccc2c1. The Morgan fingerprint density at radius 1 is 0.379 bits per heavy atom. The standard InChI is InChI=1S/C55H32O2S/c1-2-11-34-26-35(21-20-32(34)10-1)51-30-38-29-47-46-28-37(23-25-49(46)56-50(47)31-52(38)58-51)54-42-17-5-3-14-39(42)45(40-15-4-6-18-43(40)54)27-36-13-9-12-33-22-24-44-41-16-7-8-19-48(41)57-55(44)53(33)36/h1-26,28-31H,27H2. The molecule has 13 aromatic rings. The Hall–Kier alpha value is -7.20. The second kappa shape index (κ2) is 12.1. The number of para-hydroxylation sites is 1. The first kappa shape index (κ1) is 31.9. The zero-order chi connectivity index (χ0) is 37.9. The van der Waals surface area contributed by atoms with E-state index in [1.165, 1.54) is 85.9 Å². The summed E-state index contributed by atoms with van der Waals surface area (Å²) in [5.74, 6) is 0. The highest BCUT2D eigenvalue weighted by Gasteiger charge is 2.20. The van der Waals surface area contributed by atoms with Crippen molar-refractivity contribution >= 4 is 108 Å². The average molecular weight is 757 g/mol. The molecule has 0 saturated heterocycles. The highest BCUT2D eigenvalue weighted by Crippen LogP contribution is 2.45. The Bertz CT molecular complexity index is 3780. The Labute approximate surface area is 336 Å². The van der Waals surface area contributed by atoms with Gasteiger partial charge in [0.15, 0.2) is 0 Å². The summed E-state index contributed by atoms with van der Waals surface area (Å²) >= 11 is 1.82. The summed E-state index contributed by atoms with van der Waals surface area (Å²) in [4.78, 5) is 1.27. The van der Waals surface area contributed by atoms with Crippen LogP contribution in [-0.2, 0) is 6.42 Å². The molecule has 3 heterocycles. The van der Waals surface area contributed by atoms with Crippen LogP contribution in [0.25, 0.3) is 119 Å². The van der Waals surface area contributed by atoms with Gasteiger partial charge in [0.2, 0.25) is 0 Å². The molecule has 0 aliphatic heterocycles. The van der Waals surface area contributed by atoms with Crippen LogP contribution in [0.1, 0.15) is 11.1 Å². The molecule has 270 valence electrons. The maximum Gasteiger partial charge on any atom is 0.143 e. The van der Waals surface area contributed by atoms with E-state index in [0.717, 1.165) is 50.3 Å². The Kier molecular flexibility index (Phi) is 6.69. The minimum absolute atomic E-state index is 0.776. The molecule has 2 nitrogen and oxygen atoms in total. The van der Waals surface area contributed by atoms with Crippen molar-refractivity contribution in [1.29, 1.82) is 0 Å². The fourth-order valence-electron chi connectivity index (χ4n) is 9.63. The third kappa shape index (κ3) is 4.71. The number of rotatable bonds is 4. The van der Waals surface area contributed by atoms with Crippen LogP contribution in [0, 0.1) is 0 Å². The van der Waals surface area contributed by atoms with E-state index in [-0.39, 0.29) is 0 Å². The first-order valence-corrected chi connectivity index (χ1v) is 20.7. The van der Waals surface area contributed by atoms with Gasteiger partial charge in [-0.25, -0.2) is 0 Å². The molecule has 0 unspecified atom stereocenters. The monoisotopic (exact) mass is 756 g/mol. The van der Waals surface area contributed by atoms with Gasteiger partial charge in [-0.2, -0.15) is 0 Å². The van der Waals surface area contributed by atoms with Crippen LogP contribution in [0.15, 0.2) is 191 Å². The summed E-state index contributed by atoms with van der Waals surface area (Å²) in [6.45, 7) is 0. The van der Waals surface area contributed by atoms with Gasteiger partial charge in [-0.3, -0.25) is 0 Å². The lowest BCUT2D eigenvalue weighted by Crippen LogP contribution is -1.96. The average Bonchev–Trinajstić information content (AvgIpc) is 3.98. The van der Waals surface area contributed by atoms with Gasteiger partial charge in [-0.15, -0.1) is 11.3 Å². The van der Waals surface area contributed by atoms with E-state index in [9.17, 15) is 0 Å². The molecular weight excluding hydrogens is 725 g/mol. The van der Waals surface area contributed by atoms with Crippen molar-refractivity contribution in [3.05, 3.63) is 193 Å². The molecule has 0 atom stereocenters. The van der Waals surface area contributed by atoms with Crippen LogP contribution in [0.4, 0.5) is 0 Å². The molecule has 10 aromatic carbocycles. The molecule has 0 spiro atoms. The van der Waals surface area contributed by atoms with Gasteiger partial charge < -0.3 is 8.83 Å². The van der Waals surface area contributed by atoms with E-state index >= 15 is 0 Å². The van der Waals surface area contributed by atoms with Crippen molar-refractivity contribution in [3.8, 4) is 21.6 Å². The van der Waals surface area contributed by atoms with E-state index in [4.69, 9.17) is 8.83 Å². The fraction of sp³-hybridized carbons (Fsp3) is 0.0182. The third-order valence-corrected chi connectivity index (χ3v) is 13.5. The topological polar surface area (TPSA) is 26.3 Å².